The van der Waals surface area contributed by atoms with Crippen LogP contribution in [0.5, 0.6) is 11.5 Å². The number of aryl methyl sites for hydroxylation is 1. The van der Waals surface area contributed by atoms with Crippen LogP contribution in [0, 0.1) is 0 Å². The number of nitrogens with one attached hydrogen (secondary N) is 2. The first-order valence-electron chi connectivity index (χ1n) is 9.19. The van der Waals surface area contributed by atoms with Gasteiger partial charge in [0.2, 0.25) is 0 Å². The summed E-state index contributed by atoms with van der Waals surface area (Å²) in [4.78, 5) is 12.6. The van der Waals surface area contributed by atoms with Gasteiger partial charge in [0.1, 0.15) is 13.2 Å². The number of carbonyl (C=O) groups is 1. The van der Waals surface area contributed by atoms with Crippen LogP contribution >= 0.6 is 15.9 Å². The lowest BCUT2D eigenvalue weighted by Gasteiger charge is -2.26. The van der Waals surface area contributed by atoms with Gasteiger partial charge in [0.15, 0.2) is 11.5 Å². The number of rotatable bonds is 3. The molecule has 1 aliphatic heterocycles. The van der Waals surface area contributed by atoms with E-state index in [0.29, 0.717) is 19.0 Å². The van der Waals surface area contributed by atoms with E-state index in [9.17, 15) is 4.79 Å². The molecule has 1 aromatic carbocycles. The summed E-state index contributed by atoms with van der Waals surface area (Å²) in [5.41, 5.74) is 3.27. The molecule has 2 N–H and O–H groups in total. The molecule has 0 spiro atoms. The maximum absolute atomic E-state index is 12.6. The van der Waals surface area contributed by atoms with E-state index in [1.165, 1.54) is 5.69 Å². The zero-order valence-corrected chi connectivity index (χ0v) is 17.0. The molecule has 1 aliphatic carbocycles. The highest BCUT2D eigenvalue weighted by molar-refractivity contribution is 9.10. The van der Waals surface area contributed by atoms with Gasteiger partial charge in [0.25, 0.3) is 0 Å². The van der Waals surface area contributed by atoms with Crippen molar-refractivity contribution in [2.24, 2.45) is 7.05 Å². The second kappa shape index (κ2) is 7.42. The standard InChI is InChI=1S/C19H23BrN4O3/c1-11(12-8-17-18(9-14(12)20)27-7-6-26-17)22-19(25)23-15-4-3-5-16-13(15)10-21-24(16)2/h8-11,15H,3-7H2,1-2H3,(H2,22,23,25). The molecule has 8 heteroatoms. The molecule has 2 atom stereocenters. The van der Waals surface area contributed by atoms with E-state index in [1.54, 1.807) is 0 Å². The van der Waals surface area contributed by atoms with Crippen LogP contribution in [0.3, 0.4) is 0 Å². The van der Waals surface area contributed by atoms with E-state index >= 15 is 0 Å². The largest absolute Gasteiger partial charge is 0.486 e. The van der Waals surface area contributed by atoms with Crippen LogP contribution < -0.4 is 20.1 Å². The predicted molar refractivity (Wildman–Crippen MR) is 104 cm³/mol. The van der Waals surface area contributed by atoms with E-state index in [0.717, 1.165) is 40.6 Å². The van der Waals surface area contributed by atoms with Gasteiger partial charge in [0.05, 0.1) is 18.3 Å². The molecule has 0 fully saturated rings. The SMILES string of the molecule is CC(NC(=O)NC1CCCc2c1cnn2C)c1cc2c(cc1Br)OCCO2. The Morgan fingerprint density at radius 3 is 2.85 bits per heavy atom. The van der Waals surface area contributed by atoms with Gasteiger partial charge in [-0.05, 0) is 43.9 Å². The first-order chi connectivity index (χ1) is 13.0. The molecular formula is C19H23BrN4O3. The normalized spacial score (nSPS) is 19.1. The number of urea groups is 1. The molecule has 2 aromatic rings. The van der Waals surface area contributed by atoms with E-state index in [1.807, 2.05) is 37.0 Å². The fourth-order valence-corrected chi connectivity index (χ4v) is 4.41. The van der Waals surface area contributed by atoms with Gasteiger partial charge in [-0.1, -0.05) is 15.9 Å². The minimum absolute atomic E-state index is 0.00152. The lowest BCUT2D eigenvalue weighted by atomic mass is 9.93. The van der Waals surface area contributed by atoms with Crippen LogP contribution in [-0.2, 0) is 13.5 Å². The summed E-state index contributed by atoms with van der Waals surface area (Å²) in [6, 6.07) is 3.43. The van der Waals surface area contributed by atoms with Gasteiger partial charge in [-0.25, -0.2) is 4.79 Å². The van der Waals surface area contributed by atoms with Crippen molar-refractivity contribution < 1.29 is 14.3 Å². The van der Waals surface area contributed by atoms with Crippen LogP contribution in [-0.4, -0.2) is 29.0 Å². The molecule has 0 saturated carbocycles. The maximum Gasteiger partial charge on any atom is 0.315 e. The lowest BCUT2D eigenvalue weighted by Crippen LogP contribution is -2.40. The fraction of sp³-hybridized carbons (Fsp3) is 0.474. The van der Waals surface area contributed by atoms with Crippen molar-refractivity contribution in [2.75, 3.05) is 13.2 Å². The smallest absolute Gasteiger partial charge is 0.315 e. The van der Waals surface area contributed by atoms with Crippen molar-refractivity contribution in [1.29, 1.82) is 0 Å². The Hall–Kier alpha value is -2.22. The van der Waals surface area contributed by atoms with Gasteiger partial charge >= 0.3 is 6.03 Å². The average molecular weight is 435 g/mol. The molecule has 7 nitrogen and oxygen atoms in total. The molecule has 1 aromatic heterocycles. The third kappa shape index (κ3) is 3.63. The van der Waals surface area contributed by atoms with Crippen LogP contribution in [0.2, 0.25) is 0 Å². The third-order valence-corrected chi connectivity index (χ3v) is 5.84. The Bertz CT molecular complexity index is 867. The minimum atomic E-state index is -0.189. The van der Waals surface area contributed by atoms with E-state index in [4.69, 9.17) is 9.47 Å². The van der Waals surface area contributed by atoms with Crippen molar-refractivity contribution >= 4 is 22.0 Å². The molecule has 2 unspecified atom stereocenters. The van der Waals surface area contributed by atoms with Crippen molar-refractivity contribution in [2.45, 2.75) is 38.3 Å². The molecule has 2 amide bonds. The molecule has 0 saturated heterocycles. The molecule has 27 heavy (non-hydrogen) atoms. The van der Waals surface area contributed by atoms with Crippen LogP contribution in [0.25, 0.3) is 0 Å². The number of halogens is 1. The van der Waals surface area contributed by atoms with Crippen molar-refractivity contribution in [3.63, 3.8) is 0 Å². The highest BCUT2D eigenvalue weighted by atomic mass is 79.9. The summed E-state index contributed by atoms with van der Waals surface area (Å²) >= 11 is 3.57. The van der Waals surface area contributed by atoms with Gasteiger partial charge in [-0.2, -0.15) is 5.10 Å². The molecular weight excluding hydrogens is 412 g/mol. The number of hydrogen-bond donors (Lipinski definition) is 2. The zero-order chi connectivity index (χ0) is 19.0. The highest BCUT2D eigenvalue weighted by Gasteiger charge is 2.26. The number of nitrogens with zero attached hydrogens (tertiary/aromatic N) is 2. The monoisotopic (exact) mass is 434 g/mol. The van der Waals surface area contributed by atoms with Crippen LogP contribution in [0.15, 0.2) is 22.8 Å². The Kier molecular flexibility index (Phi) is 4.99. The number of benzene rings is 1. The highest BCUT2D eigenvalue weighted by Crippen LogP contribution is 2.38. The number of carbonyl (C=O) groups excluding carboxylic acids is 1. The number of ether oxygens (including phenoxy) is 2. The summed E-state index contributed by atoms with van der Waals surface area (Å²) in [6.45, 7) is 3.03. The van der Waals surface area contributed by atoms with Crippen LogP contribution in [0.4, 0.5) is 4.79 Å². The van der Waals surface area contributed by atoms with Crippen molar-refractivity contribution in [1.82, 2.24) is 20.4 Å². The molecule has 0 bridgehead atoms. The Morgan fingerprint density at radius 1 is 1.33 bits per heavy atom. The Balaban J connectivity index is 1.44. The Morgan fingerprint density at radius 2 is 2.07 bits per heavy atom. The first-order valence-corrected chi connectivity index (χ1v) is 9.99. The van der Waals surface area contributed by atoms with E-state index < -0.39 is 0 Å². The number of hydrogen-bond acceptors (Lipinski definition) is 4. The summed E-state index contributed by atoms with van der Waals surface area (Å²) in [7, 11) is 1.95. The first kappa shape index (κ1) is 18.2. The van der Waals surface area contributed by atoms with Gasteiger partial charge < -0.3 is 20.1 Å². The second-order valence-corrected chi connectivity index (χ2v) is 7.83. The van der Waals surface area contributed by atoms with Gasteiger partial charge in [0, 0.05) is 22.8 Å². The minimum Gasteiger partial charge on any atom is -0.486 e. The van der Waals surface area contributed by atoms with Crippen LogP contribution in [0.1, 0.15) is 48.7 Å². The maximum atomic E-state index is 12.6. The molecule has 144 valence electrons. The molecule has 2 heterocycles. The lowest BCUT2D eigenvalue weighted by molar-refractivity contribution is 0.171. The topological polar surface area (TPSA) is 77.4 Å². The number of amides is 2. The van der Waals surface area contributed by atoms with E-state index in [-0.39, 0.29) is 18.1 Å². The fourth-order valence-electron chi connectivity index (χ4n) is 3.74. The third-order valence-electron chi connectivity index (χ3n) is 5.16. The van der Waals surface area contributed by atoms with Gasteiger partial charge in [-0.15, -0.1) is 0 Å². The molecule has 0 radical (unpaired) electrons. The quantitative estimate of drug-likeness (QED) is 0.775. The van der Waals surface area contributed by atoms with Crippen molar-refractivity contribution in [3.8, 4) is 11.5 Å². The van der Waals surface area contributed by atoms with Gasteiger partial charge in [-0.3, -0.25) is 4.68 Å². The average Bonchev–Trinajstić information content (AvgIpc) is 3.03. The zero-order valence-electron chi connectivity index (χ0n) is 15.4. The molecule has 4 rings (SSSR count). The molecule has 2 aliphatic rings. The second-order valence-electron chi connectivity index (χ2n) is 6.97. The summed E-state index contributed by atoms with van der Waals surface area (Å²) in [5.74, 6) is 1.43. The summed E-state index contributed by atoms with van der Waals surface area (Å²) in [6.07, 6.45) is 4.83. The van der Waals surface area contributed by atoms with E-state index in [2.05, 4.69) is 31.7 Å². The summed E-state index contributed by atoms with van der Waals surface area (Å²) < 4.78 is 14.0. The summed E-state index contributed by atoms with van der Waals surface area (Å²) in [5, 5.41) is 10.5. The number of fused-ring (bicyclic) bond motifs is 2. The number of aromatic nitrogens is 2. The van der Waals surface area contributed by atoms with Crippen molar-refractivity contribution in [3.05, 3.63) is 39.6 Å². The Labute approximate surface area is 166 Å². The predicted octanol–water partition coefficient (Wildman–Crippen LogP) is 3.39.